The van der Waals surface area contributed by atoms with Crippen molar-refractivity contribution in [2.24, 2.45) is 0 Å². The minimum absolute atomic E-state index is 0.0181. The van der Waals surface area contributed by atoms with Crippen LogP contribution in [0.25, 0.3) is 0 Å². The first kappa shape index (κ1) is 23.4. The van der Waals surface area contributed by atoms with Crippen LogP contribution in [0.3, 0.4) is 0 Å². The quantitative estimate of drug-likeness (QED) is 0.450. The molecule has 0 fully saturated rings. The third kappa shape index (κ3) is 6.85. The first-order valence-electron chi connectivity index (χ1n) is 9.63. The van der Waals surface area contributed by atoms with Crippen molar-refractivity contribution < 1.29 is 14.3 Å². The predicted molar refractivity (Wildman–Crippen MR) is 124 cm³/mol. The SMILES string of the molecule is CCCN(CCC)C(=O)c1cccc(NC(=O)COc2c(C)cc(Br)cc2Br)c1. The zero-order chi connectivity index (χ0) is 21.4. The summed E-state index contributed by atoms with van der Waals surface area (Å²) < 4.78 is 7.39. The number of carbonyl (C=O) groups is 2. The molecule has 0 aliphatic heterocycles. The molecule has 0 aliphatic carbocycles. The molecule has 2 rings (SSSR count). The normalized spacial score (nSPS) is 10.5. The van der Waals surface area contributed by atoms with Gasteiger partial charge in [-0.15, -0.1) is 0 Å². The van der Waals surface area contributed by atoms with Gasteiger partial charge in [0, 0.05) is 28.8 Å². The van der Waals surface area contributed by atoms with Crippen LogP contribution in [0.4, 0.5) is 5.69 Å². The van der Waals surface area contributed by atoms with E-state index in [9.17, 15) is 9.59 Å². The van der Waals surface area contributed by atoms with E-state index in [1.165, 1.54) is 0 Å². The Morgan fingerprint density at radius 1 is 1.07 bits per heavy atom. The molecule has 0 aliphatic rings. The molecule has 0 saturated carbocycles. The van der Waals surface area contributed by atoms with Crippen molar-refractivity contribution in [3.8, 4) is 5.75 Å². The molecule has 0 heterocycles. The van der Waals surface area contributed by atoms with Crippen LogP contribution >= 0.6 is 31.9 Å². The molecule has 5 nitrogen and oxygen atoms in total. The van der Waals surface area contributed by atoms with Gasteiger partial charge in [0.1, 0.15) is 5.75 Å². The number of carbonyl (C=O) groups excluding carboxylic acids is 2. The molecule has 156 valence electrons. The van der Waals surface area contributed by atoms with Gasteiger partial charge in [-0.1, -0.05) is 35.8 Å². The smallest absolute Gasteiger partial charge is 0.262 e. The molecule has 0 bridgehead atoms. The van der Waals surface area contributed by atoms with Crippen molar-refractivity contribution in [3.05, 3.63) is 56.5 Å². The fraction of sp³-hybridized carbons (Fsp3) is 0.364. The lowest BCUT2D eigenvalue weighted by molar-refractivity contribution is -0.118. The molecule has 29 heavy (non-hydrogen) atoms. The average Bonchev–Trinajstić information content (AvgIpc) is 2.66. The van der Waals surface area contributed by atoms with E-state index in [2.05, 4.69) is 51.0 Å². The van der Waals surface area contributed by atoms with Crippen LogP contribution in [0.1, 0.15) is 42.6 Å². The standard InChI is InChI=1S/C22H26Br2N2O3/c1-4-9-26(10-5-2)22(28)16-7-6-8-18(12-16)25-20(27)14-29-21-15(3)11-17(23)13-19(21)24/h6-8,11-13H,4-5,9-10,14H2,1-3H3,(H,25,27). The maximum atomic E-state index is 12.8. The van der Waals surface area contributed by atoms with Gasteiger partial charge in [-0.25, -0.2) is 0 Å². The second kappa shape index (κ2) is 11.4. The number of benzene rings is 2. The highest BCUT2D eigenvalue weighted by Crippen LogP contribution is 2.32. The van der Waals surface area contributed by atoms with Crippen LogP contribution in [-0.4, -0.2) is 36.4 Å². The van der Waals surface area contributed by atoms with Crippen LogP contribution in [-0.2, 0) is 4.79 Å². The topological polar surface area (TPSA) is 58.6 Å². The van der Waals surface area contributed by atoms with Gasteiger partial charge in [-0.2, -0.15) is 0 Å². The van der Waals surface area contributed by atoms with E-state index < -0.39 is 0 Å². The summed E-state index contributed by atoms with van der Waals surface area (Å²) in [5.74, 6) is 0.320. The van der Waals surface area contributed by atoms with Crippen molar-refractivity contribution in [1.82, 2.24) is 4.90 Å². The van der Waals surface area contributed by atoms with Gasteiger partial charge in [0.05, 0.1) is 4.47 Å². The molecule has 0 radical (unpaired) electrons. The first-order valence-corrected chi connectivity index (χ1v) is 11.2. The van der Waals surface area contributed by atoms with Crippen molar-refractivity contribution in [3.63, 3.8) is 0 Å². The van der Waals surface area contributed by atoms with Crippen molar-refractivity contribution in [2.75, 3.05) is 25.0 Å². The maximum absolute atomic E-state index is 12.8. The highest BCUT2D eigenvalue weighted by molar-refractivity contribution is 9.11. The summed E-state index contributed by atoms with van der Waals surface area (Å²) >= 11 is 6.87. The van der Waals surface area contributed by atoms with E-state index in [1.807, 2.05) is 24.0 Å². The van der Waals surface area contributed by atoms with Gasteiger partial charge in [0.2, 0.25) is 0 Å². The molecule has 2 amide bonds. The van der Waals surface area contributed by atoms with E-state index in [0.717, 1.165) is 40.4 Å². The van der Waals surface area contributed by atoms with Crippen LogP contribution < -0.4 is 10.1 Å². The maximum Gasteiger partial charge on any atom is 0.262 e. The van der Waals surface area contributed by atoms with Gasteiger partial charge >= 0.3 is 0 Å². The minimum atomic E-state index is -0.289. The number of halogens is 2. The molecule has 2 aromatic carbocycles. The zero-order valence-electron chi connectivity index (χ0n) is 16.9. The molecule has 1 N–H and O–H groups in total. The van der Waals surface area contributed by atoms with Crippen molar-refractivity contribution in [2.45, 2.75) is 33.6 Å². The predicted octanol–water partition coefficient (Wildman–Crippen LogP) is 5.80. The lowest BCUT2D eigenvalue weighted by atomic mass is 10.1. The third-order valence-electron chi connectivity index (χ3n) is 4.21. The molecule has 0 spiro atoms. The second-order valence-electron chi connectivity index (χ2n) is 6.74. The lowest BCUT2D eigenvalue weighted by Gasteiger charge is -2.21. The van der Waals surface area contributed by atoms with E-state index >= 15 is 0 Å². The molecule has 0 atom stereocenters. The van der Waals surface area contributed by atoms with Gasteiger partial charge in [-0.3, -0.25) is 9.59 Å². The number of aryl methyl sites for hydroxylation is 1. The number of hydrogen-bond donors (Lipinski definition) is 1. The highest BCUT2D eigenvalue weighted by atomic mass is 79.9. The number of nitrogens with zero attached hydrogens (tertiary/aromatic N) is 1. The highest BCUT2D eigenvalue weighted by Gasteiger charge is 2.15. The van der Waals surface area contributed by atoms with Gasteiger partial charge in [0.25, 0.3) is 11.8 Å². The van der Waals surface area contributed by atoms with Crippen LogP contribution in [0.15, 0.2) is 45.3 Å². The Balaban J connectivity index is 2.02. The minimum Gasteiger partial charge on any atom is -0.482 e. The van der Waals surface area contributed by atoms with Crippen LogP contribution in [0, 0.1) is 6.92 Å². The van der Waals surface area contributed by atoms with Gasteiger partial charge in [-0.05, 0) is 71.6 Å². The Kier molecular flexibility index (Phi) is 9.17. The monoisotopic (exact) mass is 524 g/mol. The number of rotatable bonds is 9. The number of ether oxygens (including phenoxy) is 1. The summed E-state index contributed by atoms with van der Waals surface area (Å²) in [6.45, 7) is 7.33. The molecule has 0 aromatic heterocycles. The number of nitrogens with one attached hydrogen (secondary N) is 1. The molecular formula is C22H26Br2N2O3. The Morgan fingerprint density at radius 2 is 1.76 bits per heavy atom. The van der Waals surface area contributed by atoms with E-state index in [0.29, 0.717) is 17.0 Å². The third-order valence-corrected chi connectivity index (χ3v) is 5.26. The first-order chi connectivity index (χ1) is 13.8. The summed E-state index contributed by atoms with van der Waals surface area (Å²) in [4.78, 5) is 26.9. The Labute approximate surface area is 189 Å². The van der Waals surface area contributed by atoms with Crippen LogP contribution in [0.5, 0.6) is 5.75 Å². The van der Waals surface area contributed by atoms with E-state index in [1.54, 1.807) is 24.3 Å². The Hall–Kier alpha value is -1.86. The molecule has 7 heteroatoms. The second-order valence-corrected chi connectivity index (χ2v) is 8.51. The summed E-state index contributed by atoms with van der Waals surface area (Å²) in [6.07, 6.45) is 1.81. The molecule has 2 aromatic rings. The average molecular weight is 526 g/mol. The largest absolute Gasteiger partial charge is 0.482 e. The Bertz CT molecular complexity index is 842. The van der Waals surface area contributed by atoms with E-state index in [-0.39, 0.29) is 18.4 Å². The van der Waals surface area contributed by atoms with Crippen molar-refractivity contribution >= 4 is 49.4 Å². The van der Waals surface area contributed by atoms with Gasteiger partial charge < -0.3 is 15.0 Å². The summed E-state index contributed by atoms with van der Waals surface area (Å²) in [5, 5.41) is 2.80. The fourth-order valence-corrected chi connectivity index (χ4v) is 4.53. The summed E-state index contributed by atoms with van der Waals surface area (Å²) in [5.41, 5.74) is 2.06. The van der Waals surface area contributed by atoms with Crippen molar-refractivity contribution in [1.29, 1.82) is 0 Å². The van der Waals surface area contributed by atoms with Crippen LogP contribution in [0.2, 0.25) is 0 Å². The fourth-order valence-electron chi connectivity index (χ4n) is 2.97. The molecule has 0 unspecified atom stereocenters. The Morgan fingerprint density at radius 3 is 2.38 bits per heavy atom. The molecular weight excluding hydrogens is 500 g/mol. The number of anilines is 1. The lowest BCUT2D eigenvalue weighted by Crippen LogP contribution is -2.32. The molecule has 0 saturated heterocycles. The summed E-state index contributed by atoms with van der Waals surface area (Å²) in [7, 11) is 0. The zero-order valence-corrected chi connectivity index (χ0v) is 20.1. The summed E-state index contributed by atoms with van der Waals surface area (Å²) in [6, 6.07) is 10.8. The number of amides is 2. The van der Waals surface area contributed by atoms with E-state index in [4.69, 9.17) is 4.74 Å². The number of hydrogen-bond acceptors (Lipinski definition) is 3. The van der Waals surface area contributed by atoms with Gasteiger partial charge in [0.15, 0.2) is 6.61 Å².